The molecule has 0 amide bonds. The summed E-state index contributed by atoms with van der Waals surface area (Å²) in [6, 6.07) is 1.91. The number of aromatic nitrogens is 2. The number of furan rings is 1. The quantitative estimate of drug-likeness (QED) is 0.657. The fourth-order valence-corrected chi connectivity index (χ4v) is 1.53. The van der Waals surface area contributed by atoms with E-state index in [0.717, 1.165) is 29.9 Å². The van der Waals surface area contributed by atoms with Crippen LogP contribution < -0.4 is 4.90 Å². The lowest BCUT2D eigenvalue weighted by atomic mass is 10.2. The molecule has 3 rings (SSSR count). The Morgan fingerprint density at radius 3 is 3.08 bits per heavy atom. The van der Waals surface area contributed by atoms with Gasteiger partial charge in [-0.3, -0.25) is 0 Å². The molecule has 0 bridgehead atoms. The third kappa shape index (κ3) is 0.915. The summed E-state index contributed by atoms with van der Waals surface area (Å²) in [6.45, 7) is 2.13. The lowest BCUT2D eigenvalue weighted by molar-refractivity contribution is 0.580. The van der Waals surface area contributed by atoms with Gasteiger partial charge in [-0.2, -0.15) is 5.10 Å². The van der Waals surface area contributed by atoms with Crippen molar-refractivity contribution in [1.82, 2.24) is 10.2 Å². The van der Waals surface area contributed by atoms with Crippen LogP contribution in [0.3, 0.4) is 0 Å². The normalized spacial score (nSPS) is 16.2. The van der Waals surface area contributed by atoms with Crippen LogP contribution in [-0.2, 0) is 0 Å². The second-order valence-corrected chi connectivity index (χ2v) is 3.21. The molecule has 1 aliphatic rings. The van der Waals surface area contributed by atoms with Crippen molar-refractivity contribution in [1.29, 1.82) is 0 Å². The largest absolute Gasteiger partial charge is 0.460 e. The molecule has 1 fully saturated rings. The van der Waals surface area contributed by atoms with Gasteiger partial charge >= 0.3 is 0 Å². The zero-order valence-electron chi connectivity index (χ0n) is 7.10. The predicted molar refractivity (Wildman–Crippen MR) is 48.6 cm³/mol. The van der Waals surface area contributed by atoms with Gasteiger partial charge in [0.1, 0.15) is 0 Å². The van der Waals surface area contributed by atoms with Gasteiger partial charge in [0.05, 0.1) is 12.5 Å². The van der Waals surface area contributed by atoms with Crippen molar-refractivity contribution in [3.63, 3.8) is 0 Å². The van der Waals surface area contributed by atoms with Gasteiger partial charge in [0.2, 0.25) is 0 Å². The second-order valence-electron chi connectivity index (χ2n) is 3.21. The van der Waals surface area contributed by atoms with Gasteiger partial charge in [-0.05, 0) is 12.5 Å². The van der Waals surface area contributed by atoms with E-state index in [9.17, 15) is 0 Å². The number of hydrogen-bond acceptors (Lipinski definition) is 4. The van der Waals surface area contributed by atoms with Gasteiger partial charge in [0.25, 0.3) is 0 Å². The maximum atomic E-state index is 5.36. The molecule has 0 saturated carbocycles. The highest BCUT2D eigenvalue weighted by molar-refractivity contribution is 5.86. The molecular formula is C9H9N3O. The average molecular weight is 175 g/mol. The minimum absolute atomic E-state index is 0.856. The van der Waals surface area contributed by atoms with E-state index < -0.39 is 0 Å². The molecule has 2 aromatic heterocycles. The third-order valence-corrected chi connectivity index (χ3v) is 2.40. The van der Waals surface area contributed by atoms with Crippen LogP contribution in [0.4, 0.5) is 5.82 Å². The Kier molecular flexibility index (Phi) is 1.30. The SMILES string of the molecule is c1cc2cnnc(N3CCC3)c2o1. The first-order valence-corrected chi connectivity index (χ1v) is 4.39. The number of fused-ring (bicyclic) bond motifs is 1. The molecule has 0 N–H and O–H groups in total. The van der Waals surface area contributed by atoms with E-state index in [0.29, 0.717) is 0 Å². The summed E-state index contributed by atoms with van der Waals surface area (Å²) < 4.78 is 5.36. The maximum absolute atomic E-state index is 5.36. The van der Waals surface area contributed by atoms with Crippen molar-refractivity contribution in [2.45, 2.75) is 6.42 Å². The van der Waals surface area contributed by atoms with Crippen LogP contribution in [0, 0.1) is 0 Å². The molecule has 4 heteroatoms. The van der Waals surface area contributed by atoms with Gasteiger partial charge in [0.15, 0.2) is 11.4 Å². The Morgan fingerprint density at radius 1 is 1.38 bits per heavy atom. The molecule has 0 spiro atoms. The van der Waals surface area contributed by atoms with Crippen molar-refractivity contribution >= 4 is 16.8 Å². The number of rotatable bonds is 1. The molecule has 0 unspecified atom stereocenters. The summed E-state index contributed by atoms with van der Waals surface area (Å²) >= 11 is 0. The Morgan fingerprint density at radius 2 is 2.31 bits per heavy atom. The zero-order valence-corrected chi connectivity index (χ0v) is 7.10. The fourth-order valence-electron chi connectivity index (χ4n) is 1.53. The molecule has 13 heavy (non-hydrogen) atoms. The standard InChI is InChI=1S/C9H9N3O/c1-3-12(4-1)9-8-7(2-5-13-8)6-10-11-9/h2,5-6H,1,3-4H2. The van der Waals surface area contributed by atoms with E-state index >= 15 is 0 Å². The van der Waals surface area contributed by atoms with E-state index in [1.54, 1.807) is 12.5 Å². The van der Waals surface area contributed by atoms with Gasteiger partial charge in [0, 0.05) is 18.5 Å². The molecule has 0 atom stereocenters. The summed E-state index contributed by atoms with van der Waals surface area (Å²) in [5.74, 6) is 0.883. The average Bonchev–Trinajstić information content (AvgIpc) is 2.49. The summed E-state index contributed by atoms with van der Waals surface area (Å²) in [5.41, 5.74) is 0.856. The zero-order chi connectivity index (χ0) is 8.67. The van der Waals surface area contributed by atoms with E-state index in [1.165, 1.54) is 6.42 Å². The lowest BCUT2D eigenvalue weighted by Crippen LogP contribution is -2.37. The molecular weight excluding hydrogens is 166 g/mol. The van der Waals surface area contributed by atoms with Gasteiger partial charge in [-0.1, -0.05) is 0 Å². The summed E-state index contributed by atoms with van der Waals surface area (Å²) in [7, 11) is 0. The Bertz CT molecular complexity index is 433. The number of hydrogen-bond donors (Lipinski definition) is 0. The highest BCUT2D eigenvalue weighted by Crippen LogP contribution is 2.26. The first kappa shape index (κ1) is 6.88. The number of nitrogens with zero attached hydrogens (tertiary/aromatic N) is 3. The van der Waals surface area contributed by atoms with Gasteiger partial charge in [-0.25, -0.2) is 0 Å². The predicted octanol–water partition coefficient (Wildman–Crippen LogP) is 1.43. The van der Waals surface area contributed by atoms with Crippen molar-refractivity contribution in [3.8, 4) is 0 Å². The molecule has 0 radical (unpaired) electrons. The van der Waals surface area contributed by atoms with E-state index in [1.807, 2.05) is 6.07 Å². The number of anilines is 1. The summed E-state index contributed by atoms with van der Waals surface area (Å²) in [4.78, 5) is 2.18. The highest BCUT2D eigenvalue weighted by Gasteiger charge is 2.20. The third-order valence-electron chi connectivity index (χ3n) is 2.40. The molecule has 66 valence electrons. The van der Waals surface area contributed by atoms with Crippen LogP contribution in [0.25, 0.3) is 11.0 Å². The van der Waals surface area contributed by atoms with Crippen molar-refractivity contribution in [3.05, 3.63) is 18.5 Å². The lowest BCUT2D eigenvalue weighted by Gasteiger charge is -2.31. The van der Waals surface area contributed by atoms with Crippen molar-refractivity contribution in [2.24, 2.45) is 0 Å². The smallest absolute Gasteiger partial charge is 0.195 e. The van der Waals surface area contributed by atoms with Crippen LogP contribution in [-0.4, -0.2) is 23.3 Å². The van der Waals surface area contributed by atoms with E-state index in [-0.39, 0.29) is 0 Å². The van der Waals surface area contributed by atoms with Gasteiger partial charge in [-0.15, -0.1) is 5.10 Å². The maximum Gasteiger partial charge on any atom is 0.195 e. The Labute approximate surface area is 75.2 Å². The topological polar surface area (TPSA) is 42.2 Å². The van der Waals surface area contributed by atoms with Gasteiger partial charge < -0.3 is 9.32 Å². The molecule has 1 saturated heterocycles. The minimum Gasteiger partial charge on any atom is -0.460 e. The monoisotopic (exact) mass is 175 g/mol. The van der Waals surface area contributed by atoms with Crippen molar-refractivity contribution in [2.75, 3.05) is 18.0 Å². The van der Waals surface area contributed by atoms with Crippen LogP contribution in [0.1, 0.15) is 6.42 Å². The molecule has 3 heterocycles. The van der Waals surface area contributed by atoms with Crippen LogP contribution >= 0.6 is 0 Å². The molecule has 0 aromatic carbocycles. The first-order chi connectivity index (χ1) is 6.45. The molecule has 0 aliphatic carbocycles. The summed E-state index contributed by atoms with van der Waals surface area (Å²) in [6.07, 6.45) is 4.64. The fraction of sp³-hybridized carbons (Fsp3) is 0.333. The summed E-state index contributed by atoms with van der Waals surface area (Å²) in [5, 5.41) is 9.04. The van der Waals surface area contributed by atoms with E-state index in [4.69, 9.17) is 4.42 Å². The Hall–Kier alpha value is -1.58. The second kappa shape index (κ2) is 2.45. The molecule has 2 aromatic rings. The highest BCUT2D eigenvalue weighted by atomic mass is 16.3. The molecule has 4 nitrogen and oxygen atoms in total. The van der Waals surface area contributed by atoms with Crippen LogP contribution in [0.2, 0.25) is 0 Å². The first-order valence-electron chi connectivity index (χ1n) is 4.39. The molecule has 1 aliphatic heterocycles. The van der Waals surface area contributed by atoms with Crippen LogP contribution in [0.15, 0.2) is 22.9 Å². The van der Waals surface area contributed by atoms with E-state index in [2.05, 4.69) is 15.1 Å². The minimum atomic E-state index is 0.856. The Balaban J connectivity index is 2.20. The van der Waals surface area contributed by atoms with Crippen molar-refractivity contribution < 1.29 is 4.42 Å². The van der Waals surface area contributed by atoms with Crippen LogP contribution in [0.5, 0.6) is 0 Å².